The lowest BCUT2D eigenvalue weighted by Crippen LogP contribution is -2.51. The topological polar surface area (TPSA) is 61.4 Å². The zero-order valence-electron chi connectivity index (χ0n) is 14.2. The summed E-state index contributed by atoms with van der Waals surface area (Å²) in [6.45, 7) is 4.13. The van der Waals surface area contributed by atoms with Gasteiger partial charge in [0.15, 0.2) is 0 Å². The van der Waals surface area contributed by atoms with Gasteiger partial charge in [-0.05, 0) is 45.1 Å². The van der Waals surface area contributed by atoms with Crippen LogP contribution in [0.1, 0.15) is 38.5 Å². The fourth-order valence-electron chi connectivity index (χ4n) is 4.01. The first-order valence-electron chi connectivity index (χ1n) is 9.35. The molecule has 1 aliphatic carbocycles. The highest BCUT2D eigenvalue weighted by atomic mass is 16.2. The van der Waals surface area contributed by atoms with E-state index in [1.807, 2.05) is 6.20 Å². The highest BCUT2D eigenvalue weighted by Crippen LogP contribution is 2.26. The van der Waals surface area contributed by atoms with Crippen molar-refractivity contribution in [3.05, 3.63) is 18.6 Å². The van der Waals surface area contributed by atoms with Crippen LogP contribution in [0.15, 0.2) is 18.6 Å². The highest BCUT2D eigenvalue weighted by Gasteiger charge is 2.33. The maximum absolute atomic E-state index is 12.4. The first-order valence-corrected chi connectivity index (χ1v) is 9.35. The number of aromatic nitrogens is 2. The van der Waals surface area contributed by atoms with Crippen LogP contribution in [-0.2, 0) is 4.79 Å². The molecule has 130 valence electrons. The monoisotopic (exact) mass is 329 g/mol. The Balaban J connectivity index is 1.29. The summed E-state index contributed by atoms with van der Waals surface area (Å²) in [5, 5.41) is 3.19. The molecule has 0 spiro atoms. The molecule has 6 nitrogen and oxygen atoms in total. The summed E-state index contributed by atoms with van der Waals surface area (Å²) >= 11 is 0. The molecule has 0 radical (unpaired) electrons. The molecule has 0 bridgehead atoms. The maximum Gasteiger partial charge on any atom is 0.224 e. The third-order valence-corrected chi connectivity index (χ3v) is 5.60. The van der Waals surface area contributed by atoms with E-state index in [1.165, 1.54) is 12.8 Å². The second kappa shape index (κ2) is 7.05. The molecule has 3 heterocycles. The number of amides is 1. The highest BCUT2D eigenvalue weighted by molar-refractivity contribution is 5.79. The van der Waals surface area contributed by atoms with Gasteiger partial charge in [-0.1, -0.05) is 0 Å². The summed E-state index contributed by atoms with van der Waals surface area (Å²) in [6, 6.07) is 1.08. The van der Waals surface area contributed by atoms with E-state index in [1.54, 1.807) is 12.4 Å². The minimum absolute atomic E-state index is 0.192. The zero-order chi connectivity index (χ0) is 16.4. The van der Waals surface area contributed by atoms with Crippen molar-refractivity contribution in [1.82, 2.24) is 20.2 Å². The van der Waals surface area contributed by atoms with Crippen molar-refractivity contribution in [1.29, 1.82) is 0 Å². The van der Waals surface area contributed by atoms with Crippen LogP contribution in [0, 0.1) is 5.92 Å². The van der Waals surface area contributed by atoms with Gasteiger partial charge in [0, 0.05) is 44.1 Å². The number of hydrogen-bond donors (Lipinski definition) is 1. The lowest BCUT2D eigenvalue weighted by molar-refractivity contribution is -0.127. The second-order valence-electron chi connectivity index (χ2n) is 7.40. The van der Waals surface area contributed by atoms with E-state index in [0.29, 0.717) is 18.0 Å². The third kappa shape index (κ3) is 3.69. The predicted molar refractivity (Wildman–Crippen MR) is 92.7 cm³/mol. The van der Waals surface area contributed by atoms with E-state index in [0.717, 1.165) is 57.7 Å². The Morgan fingerprint density at radius 2 is 1.92 bits per heavy atom. The van der Waals surface area contributed by atoms with Crippen molar-refractivity contribution in [2.75, 3.05) is 31.1 Å². The van der Waals surface area contributed by atoms with Crippen LogP contribution in [0.5, 0.6) is 0 Å². The van der Waals surface area contributed by atoms with Crippen LogP contribution >= 0.6 is 0 Å². The summed E-state index contributed by atoms with van der Waals surface area (Å²) in [4.78, 5) is 25.8. The lowest BCUT2D eigenvalue weighted by atomic mass is 9.93. The number of carbonyl (C=O) groups excluding carboxylic acids is 1. The molecule has 24 heavy (non-hydrogen) atoms. The molecule has 4 rings (SSSR count). The molecule has 3 fully saturated rings. The van der Waals surface area contributed by atoms with Crippen molar-refractivity contribution in [3.63, 3.8) is 0 Å². The fourth-order valence-corrected chi connectivity index (χ4v) is 4.01. The molecule has 0 aromatic carbocycles. The summed E-state index contributed by atoms with van der Waals surface area (Å²) < 4.78 is 0. The van der Waals surface area contributed by atoms with Gasteiger partial charge in [0.2, 0.25) is 5.91 Å². The Labute approximate surface area is 143 Å². The first-order chi connectivity index (χ1) is 11.8. The van der Waals surface area contributed by atoms with Crippen LogP contribution in [0.2, 0.25) is 0 Å². The van der Waals surface area contributed by atoms with Crippen LogP contribution in [-0.4, -0.2) is 59.0 Å². The van der Waals surface area contributed by atoms with Gasteiger partial charge in [-0.15, -0.1) is 0 Å². The van der Waals surface area contributed by atoms with E-state index in [9.17, 15) is 4.79 Å². The lowest BCUT2D eigenvalue weighted by Gasteiger charge is -2.42. The molecule has 1 amide bonds. The average Bonchev–Trinajstić information content (AvgIpc) is 3.47. The van der Waals surface area contributed by atoms with Gasteiger partial charge >= 0.3 is 0 Å². The van der Waals surface area contributed by atoms with Gasteiger partial charge in [0.05, 0.1) is 12.1 Å². The first kappa shape index (κ1) is 15.8. The molecule has 1 atom stereocenters. The number of piperidine rings is 2. The van der Waals surface area contributed by atoms with Crippen molar-refractivity contribution in [3.8, 4) is 0 Å². The molecule has 6 heteroatoms. The Hall–Kier alpha value is -1.69. The summed E-state index contributed by atoms with van der Waals surface area (Å²) in [5.41, 5.74) is 0. The Bertz CT molecular complexity index is 554. The molecule has 1 saturated carbocycles. The van der Waals surface area contributed by atoms with E-state index in [4.69, 9.17) is 0 Å². The second-order valence-corrected chi connectivity index (χ2v) is 7.40. The summed E-state index contributed by atoms with van der Waals surface area (Å²) in [5.74, 6) is 1.47. The fraction of sp³-hybridized carbons (Fsp3) is 0.722. The van der Waals surface area contributed by atoms with Gasteiger partial charge in [0.1, 0.15) is 5.82 Å². The van der Waals surface area contributed by atoms with Crippen LogP contribution in [0.3, 0.4) is 0 Å². The van der Waals surface area contributed by atoms with Crippen LogP contribution in [0.4, 0.5) is 5.82 Å². The Kier molecular flexibility index (Phi) is 4.65. The van der Waals surface area contributed by atoms with Crippen molar-refractivity contribution in [2.45, 2.75) is 50.6 Å². The maximum atomic E-state index is 12.4. The normalized spacial score (nSPS) is 26.3. The molecule has 2 saturated heterocycles. The van der Waals surface area contributed by atoms with E-state index < -0.39 is 0 Å². The molecule has 3 aliphatic rings. The number of hydrogen-bond acceptors (Lipinski definition) is 5. The number of nitrogens with zero attached hydrogens (tertiary/aromatic N) is 4. The summed E-state index contributed by atoms with van der Waals surface area (Å²) in [7, 11) is 0. The minimum atomic E-state index is 0.192. The molecular weight excluding hydrogens is 302 g/mol. The number of carbonyl (C=O) groups is 1. The van der Waals surface area contributed by atoms with E-state index >= 15 is 0 Å². The van der Waals surface area contributed by atoms with Crippen molar-refractivity contribution < 1.29 is 4.79 Å². The largest absolute Gasteiger partial charge is 0.355 e. The predicted octanol–water partition coefficient (Wildman–Crippen LogP) is 1.44. The van der Waals surface area contributed by atoms with E-state index in [-0.39, 0.29) is 5.92 Å². The third-order valence-electron chi connectivity index (χ3n) is 5.60. The van der Waals surface area contributed by atoms with Gasteiger partial charge in [-0.3, -0.25) is 14.7 Å². The number of rotatable bonds is 4. The number of anilines is 1. The molecular formula is C18H27N5O. The molecule has 1 aromatic heterocycles. The average molecular weight is 329 g/mol. The van der Waals surface area contributed by atoms with Gasteiger partial charge in [-0.2, -0.15) is 0 Å². The molecule has 2 aliphatic heterocycles. The standard InChI is InChI=1S/C18H27N5O/c24-18(21-15-3-4-15)14-2-1-9-23(13-14)16-5-10-22(11-6-16)17-12-19-7-8-20-17/h7-8,12,14-16H,1-6,9-11,13H2,(H,21,24)/t14-/m1/s1. The van der Waals surface area contributed by atoms with Gasteiger partial charge < -0.3 is 10.2 Å². The molecule has 1 N–H and O–H groups in total. The Morgan fingerprint density at radius 1 is 1.08 bits per heavy atom. The molecule has 1 aromatic rings. The Morgan fingerprint density at radius 3 is 2.62 bits per heavy atom. The summed E-state index contributed by atoms with van der Waals surface area (Å²) in [6.07, 6.45) is 12.2. The van der Waals surface area contributed by atoms with Gasteiger partial charge in [-0.25, -0.2) is 4.98 Å². The SMILES string of the molecule is O=C(NC1CC1)[C@@H]1CCCN(C2CCN(c3cnccn3)CC2)C1. The minimum Gasteiger partial charge on any atom is -0.355 e. The van der Waals surface area contributed by atoms with Gasteiger partial charge in [0.25, 0.3) is 0 Å². The number of nitrogens with one attached hydrogen (secondary N) is 1. The smallest absolute Gasteiger partial charge is 0.224 e. The van der Waals surface area contributed by atoms with Crippen molar-refractivity contribution in [2.24, 2.45) is 5.92 Å². The number of likely N-dealkylation sites (tertiary alicyclic amines) is 1. The van der Waals surface area contributed by atoms with Crippen molar-refractivity contribution >= 4 is 11.7 Å². The van der Waals surface area contributed by atoms with Crippen LogP contribution < -0.4 is 10.2 Å². The van der Waals surface area contributed by atoms with Crippen LogP contribution in [0.25, 0.3) is 0 Å². The van der Waals surface area contributed by atoms with E-state index in [2.05, 4.69) is 25.1 Å². The zero-order valence-corrected chi connectivity index (χ0v) is 14.2. The quantitative estimate of drug-likeness (QED) is 0.906. The molecule has 0 unspecified atom stereocenters.